The quantitative estimate of drug-likeness (QED) is 0.756. The summed E-state index contributed by atoms with van der Waals surface area (Å²) in [5.41, 5.74) is 5.79. The Hall–Kier alpha value is 0.0400. The van der Waals surface area contributed by atoms with Crippen molar-refractivity contribution in [1.29, 1.82) is 0 Å². The molecule has 3 N–H and O–H groups in total. The fourth-order valence-electron chi connectivity index (χ4n) is 3.76. The Morgan fingerprint density at radius 1 is 1.13 bits per heavy atom. The average molecular weight is 370 g/mol. The minimum absolute atomic E-state index is 0. The van der Waals surface area contributed by atoms with Gasteiger partial charge in [0.25, 0.3) is 10.2 Å². The molecule has 0 aromatic carbocycles. The number of ether oxygens (including phenoxy) is 2. The lowest BCUT2D eigenvalue weighted by Gasteiger charge is -2.38. The molecule has 3 fully saturated rings. The first-order chi connectivity index (χ1) is 10.5. The van der Waals surface area contributed by atoms with Crippen LogP contribution >= 0.6 is 12.4 Å². The predicted molar refractivity (Wildman–Crippen MR) is 89.5 cm³/mol. The van der Waals surface area contributed by atoms with Crippen molar-refractivity contribution in [3.8, 4) is 0 Å². The highest BCUT2D eigenvalue weighted by molar-refractivity contribution is 7.87. The fraction of sp³-hybridized carbons (Fsp3) is 1.00. The number of hydrogen-bond acceptors (Lipinski definition) is 5. The van der Waals surface area contributed by atoms with Crippen LogP contribution in [0.1, 0.15) is 38.5 Å². The molecule has 0 aromatic rings. The third-order valence-electron chi connectivity index (χ3n) is 5.15. The summed E-state index contributed by atoms with van der Waals surface area (Å²) < 4.78 is 40.9. The van der Waals surface area contributed by atoms with Gasteiger partial charge in [0, 0.05) is 32.0 Å². The van der Waals surface area contributed by atoms with E-state index in [1.807, 2.05) is 0 Å². The lowest BCUT2D eigenvalue weighted by Crippen LogP contribution is -2.54. The second kappa shape index (κ2) is 7.95. The first-order valence-corrected chi connectivity index (χ1v) is 9.74. The molecule has 23 heavy (non-hydrogen) atoms. The van der Waals surface area contributed by atoms with E-state index >= 15 is 0 Å². The molecule has 2 heterocycles. The van der Waals surface area contributed by atoms with E-state index in [4.69, 9.17) is 15.2 Å². The van der Waals surface area contributed by atoms with Crippen molar-refractivity contribution in [2.75, 3.05) is 32.8 Å². The van der Waals surface area contributed by atoms with Crippen molar-refractivity contribution in [2.45, 2.75) is 50.4 Å². The monoisotopic (exact) mass is 369 g/mol. The molecule has 7 nitrogen and oxygen atoms in total. The number of nitrogens with two attached hydrogens (primary N) is 1. The summed E-state index contributed by atoms with van der Waals surface area (Å²) in [6.45, 7) is 2.62. The van der Waals surface area contributed by atoms with Crippen LogP contribution in [-0.4, -0.2) is 57.4 Å². The summed E-state index contributed by atoms with van der Waals surface area (Å²) in [4.78, 5) is 0. The van der Waals surface area contributed by atoms with Gasteiger partial charge in [0.05, 0.1) is 13.2 Å². The van der Waals surface area contributed by atoms with Gasteiger partial charge in [-0.25, -0.2) is 0 Å². The summed E-state index contributed by atoms with van der Waals surface area (Å²) in [7, 11) is -3.46. The average Bonchev–Trinajstić information content (AvgIpc) is 2.96. The molecule has 0 bridgehead atoms. The first-order valence-electron chi connectivity index (χ1n) is 8.30. The fourth-order valence-corrected chi connectivity index (χ4v) is 5.27. The van der Waals surface area contributed by atoms with Crippen LogP contribution in [0.5, 0.6) is 0 Å². The molecular formula is C14H28ClN3O4S. The lowest BCUT2D eigenvalue weighted by molar-refractivity contribution is -0.179. The molecule has 1 spiro atoms. The van der Waals surface area contributed by atoms with Crippen LogP contribution in [0.15, 0.2) is 0 Å². The van der Waals surface area contributed by atoms with Crippen LogP contribution < -0.4 is 10.5 Å². The Bertz CT molecular complexity index is 474. The highest BCUT2D eigenvalue weighted by atomic mass is 35.5. The zero-order chi connectivity index (χ0) is 15.6. The molecule has 2 unspecified atom stereocenters. The zero-order valence-corrected chi connectivity index (χ0v) is 15.0. The molecule has 1 aliphatic carbocycles. The molecule has 0 amide bonds. The van der Waals surface area contributed by atoms with E-state index in [0.29, 0.717) is 45.7 Å². The molecule has 2 aliphatic heterocycles. The Morgan fingerprint density at radius 3 is 2.35 bits per heavy atom. The van der Waals surface area contributed by atoms with Crippen LogP contribution in [0, 0.1) is 5.92 Å². The van der Waals surface area contributed by atoms with E-state index in [2.05, 4.69) is 4.72 Å². The standard InChI is InChI=1S/C14H27N3O4S.ClH/c15-11-12-3-1-2-4-13(12)16-22(18,19)17-7-5-14(6-8-17)20-9-10-21-14;/h12-13,16H,1-11,15H2;1H. The highest BCUT2D eigenvalue weighted by Crippen LogP contribution is 2.32. The van der Waals surface area contributed by atoms with Gasteiger partial charge >= 0.3 is 0 Å². The molecule has 0 aromatic heterocycles. The van der Waals surface area contributed by atoms with Crippen LogP contribution in [-0.2, 0) is 19.7 Å². The summed E-state index contributed by atoms with van der Waals surface area (Å²) in [5, 5.41) is 0. The van der Waals surface area contributed by atoms with Crippen molar-refractivity contribution in [2.24, 2.45) is 11.7 Å². The normalized spacial score (nSPS) is 31.9. The zero-order valence-electron chi connectivity index (χ0n) is 13.4. The topological polar surface area (TPSA) is 93.9 Å². The number of piperidine rings is 1. The third kappa shape index (κ3) is 4.36. The molecular weight excluding hydrogens is 342 g/mol. The number of nitrogens with zero attached hydrogens (tertiary/aromatic N) is 1. The summed E-state index contributed by atoms with van der Waals surface area (Å²) >= 11 is 0. The van der Waals surface area contributed by atoms with E-state index in [0.717, 1.165) is 25.7 Å². The van der Waals surface area contributed by atoms with Crippen molar-refractivity contribution in [3.63, 3.8) is 0 Å². The van der Waals surface area contributed by atoms with Crippen molar-refractivity contribution in [3.05, 3.63) is 0 Å². The largest absolute Gasteiger partial charge is 0.347 e. The molecule has 9 heteroatoms. The van der Waals surface area contributed by atoms with Crippen LogP contribution in [0.2, 0.25) is 0 Å². The minimum Gasteiger partial charge on any atom is -0.347 e. The maximum atomic E-state index is 12.6. The van der Waals surface area contributed by atoms with Crippen molar-refractivity contribution in [1.82, 2.24) is 9.03 Å². The summed E-state index contributed by atoms with van der Waals surface area (Å²) in [6.07, 6.45) is 5.28. The van der Waals surface area contributed by atoms with E-state index in [1.54, 1.807) is 0 Å². The molecule has 136 valence electrons. The number of rotatable bonds is 4. The SMILES string of the molecule is Cl.NCC1CCCCC1NS(=O)(=O)N1CCC2(CC1)OCCO2. The van der Waals surface area contributed by atoms with Gasteiger partial charge in [-0.2, -0.15) is 17.4 Å². The maximum absolute atomic E-state index is 12.6. The van der Waals surface area contributed by atoms with Crippen molar-refractivity contribution >= 4 is 22.6 Å². The number of hydrogen-bond donors (Lipinski definition) is 2. The van der Waals surface area contributed by atoms with Gasteiger partial charge in [0.15, 0.2) is 5.79 Å². The van der Waals surface area contributed by atoms with Gasteiger partial charge in [-0.05, 0) is 25.3 Å². The number of halogens is 1. The van der Waals surface area contributed by atoms with E-state index in [-0.39, 0.29) is 24.4 Å². The lowest BCUT2D eigenvalue weighted by atomic mass is 9.85. The van der Waals surface area contributed by atoms with Gasteiger partial charge < -0.3 is 15.2 Å². The van der Waals surface area contributed by atoms with Crippen LogP contribution in [0.4, 0.5) is 0 Å². The molecule has 2 saturated heterocycles. The van der Waals surface area contributed by atoms with Crippen LogP contribution in [0.25, 0.3) is 0 Å². The summed E-state index contributed by atoms with van der Waals surface area (Å²) in [5.74, 6) is -0.294. The van der Waals surface area contributed by atoms with Gasteiger partial charge in [-0.3, -0.25) is 0 Å². The predicted octanol–water partition coefficient (Wildman–Crippen LogP) is 0.599. The van der Waals surface area contributed by atoms with E-state index in [1.165, 1.54) is 4.31 Å². The molecule has 3 rings (SSSR count). The number of nitrogens with one attached hydrogen (secondary N) is 1. The van der Waals surface area contributed by atoms with Gasteiger partial charge in [-0.15, -0.1) is 12.4 Å². The Balaban J connectivity index is 0.00000192. The first kappa shape index (κ1) is 19.4. The van der Waals surface area contributed by atoms with Crippen LogP contribution in [0.3, 0.4) is 0 Å². The highest BCUT2D eigenvalue weighted by Gasteiger charge is 2.43. The second-order valence-electron chi connectivity index (χ2n) is 6.52. The minimum atomic E-state index is -3.46. The molecule has 3 aliphatic rings. The maximum Gasteiger partial charge on any atom is 0.279 e. The Labute approximate surface area is 144 Å². The second-order valence-corrected chi connectivity index (χ2v) is 8.22. The Kier molecular flexibility index (Phi) is 6.69. The summed E-state index contributed by atoms with van der Waals surface area (Å²) in [6, 6.07) is -0.0291. The van der Waals surface area contributed by atoms with Gasteiger partial charge in [-0.1, -0.05) is 12.8 Å². The Morgan fingerprint density at radius 2 is 1.74 bits per heavy atom. The van der Waals surface area contributed by atoms with E-state index in [9.17, 15) is 8.42 Å². The van der Waals surface area contributed by atoms with E-state index < -0.39 is 16.0 Å². The molecule has 0 radical (unpaired) electrons. The smallest absolute Gasteiger partial charge is 0.279 e. The van der Waals surface area contributed by atoms with Gasteiger partial charge in [0.1, 0.15) is 0 Å². The third-order valence-corrected chi connectivity index (χ3v) is 6.80. The van der Waals surface area contributed by atoms with Crippen molar-refractivity contribution < 1.29 is 17.9 Å². The molecule has 2 atom stereocenters. The van der Waals surface area contributed by atoms with Gasteiger partial charge in [0.2, 0.25) is 0 Å². The molecule has 1 saturated carbocycles.